The molecule has 0 radical (unpaired) electrons. The van der Waals surface area contributed by atoms with Gasteiger partial charge in [-0.25, -0.2) is 12.8 Å². The third kappa shape index (κ3) is 4.19. The lowest BCUT2D eigenvalue weighted by Gasteiger charge is -2.35. The van der Waals surface area contributed by atoms with Gasteiger partial charge in [0.2, 0.25) is 15.9 Å². The van der Waals surface area contributed by atoms with E-state index in [2.05, 4.69) is 4.90 Å². The second-order valence-corrected chi connectivity index (χ2v) is 10.4. The number of carbonyl (C=O) groups excluding carboxylic acids is 1. The van der Waals surface area contributed by atoms with Crippen LogP contribution in [0.2, 0.25) is 0 Å². The second kappa shape index (κ2) is 8.56. The van der Waals surface area contributed by atoms with Crippen LogP contribution in [0.5, 0.6) is 0 Å². The molecule has 0 aliphatic carbocycles. The number of piperazine rings is 1. The zero-order valence-corrected chi connectivity index (χ0v) is 18.4. The minimum absolute atomic E-state index is 0.0822. The molecule has 0 unspecified atom stereocenters. The number of amides is 1. The highest BCUT2D eigenvalue weighted by Gasteiger charge is 2.30. The number of fused-ring (bicyclic) bond motifs is 1. The molecule has 0 spiro atoms. The van der Waals surface area contributed by atoms with Gasteiger partial charge in [-0.15, -0.1) is 11.8 Å². The van der Waals surface area contributed by atoms with Crippen molar-refractivity contribution in [3.05, 3.63) is 48.3 Å². The molecular weight excluding hydrogens is 425 g/mol. The number of hydrogen-bond acceptors (Lipinski definition) is 5. The minimum atomic E-state index is -3.67. The maximum Gasteiger partial charge on any atom is 0.243 e. The first-order valence-electron chi connectivity index (χ1n) is 9.92. The molecule has 9 heteroatoms. The van der Waals surface area contributed by atoms with Crippen molar-refractivity contribution < 1.29 is 17.6 Å². The number of halogens is 1. The van der Waals surface area contributed by atoms with Crippen molar-refractivity contribution in [1.29, 1.82) is 0 Å². The van der Waals surface area contributed by atoms with Crippen LogP contribution in [0.1, 0.15) is 13.3 Å². The first-order valence-corrected chi connectivity index (χ1v) is 12.3. The summed E-state index contributed by atoms with van der Waals surface area (Å²) in [5, 5.41) is 0. The molecule has 0 saturated carbocycles. The number of nitrogens with zero attached hydrogens (tertiary/aromatic N) is 3. The van der Waals surface area contributed by atoms with E-state index in [4.69, 9.17) is 0 Å². The standard InChI is InChI=1S/C21H24FN3O3S2/c1-16(26)25-9-2-14-29-21-8-7-19(15-20(21)25)30(27,28)24-12-10-23(11-13-24)18-5-3-17(22)4-6-18/h3-8,15H,2,9-14H2,1H3. The summed E-state index contributed by atoms with van der Waals surface area (Å²) < 4.78 is 41.2. The molecule has 1 amide bonds. The summed E-state index contributed by atoms with van der Waals surface area (Å²) in [5.41, 5.74) is 1.56. The summed E-state index contributed by atoms with van der Waals surface area (Å²) >= 11 is 1.65. The predicted molar refractivity (Wildman–Crippen MR) is 117 cm³/mol. The van der Waals surface area contributed by atoms with Crippen LogP contribution >= 0.6 is 11.8 Å². The smallest absolute Gasteiger partial charge is 0.243 e. The number of carbonyl (C=O) groups is 1. The van der Waals surface area contributed by atoms with Gasteiger partial charge in [-0.05, 0) is 54.6 Å². The van der Waals surface area contributed by atoms with Gasteiger partial charge in [0.25, 0.3) is 0 Å². The highest BCUT2D eigenvalue weighted by atomic mass is 32.2. The van der Waals surface area contributed by atoms with E-state index in [0.29, 0.717) is 38.4 Å². The molecule has 0 atom stereocenters. The van der Waals surface area contributed by atoms with Crippen LogP contribution in [0.25, 0.3) is 0 Å². The Labute approximate surface area is 180 Å². The third-order valence-corrected chi connectivity index (χ3v) is 8.50. The summed E-state index contributed by atoms with van der Waals surface area (Å²) in [5.74, 6) is 0.524. The van der Waals surface area contributed by atoms with Crippen molar-refractivity contribution in [2.24, 2.45) is 0 Å². The number of benzene rings is 2. The van der Waals surface area contributed by atoms with Crippen LogP contribution in [0.15, 0.2) is 52.3 Å². The van der Waals surface area contributed by atoms with Gasteiger partial charge in [0, 0.05) is 50.2 Å². The molecule has 2 aliphatic rings. The van der Waals surface area contributed by atoms with Gasteiger partial charge in [-0.2, -0.15) is 4.31 Å². The van der Waals surface area contributed by atoms with Crippen molar-refractivity contribution in [1.82, 2.24) is 4.31 Å². The normalized spacial score (nSPS) is 18.1. The molecule has 160 valence electrons. The first-order chi connectivity index (χ1) is 14.4. The van der Waals surface area contributed by atoms with Crippen LogP contribution in [0.4, 0.5) is 15.8 Å². The molecule has 30 heavy (non-hydrogen) atoms. The van der Waals surface area contributed by atoms with E-state index < -0.39 is 10.0 Å². The Morgan fingerprint density at radius 2 is 1.70 bits per heavy atom. The maximum absolute atomic E-state index is 13.3. The molecule has 0 N–H and O–H groups in total. The van der Waals surface area contributed by atoms with E-state index in [-0.39, 0.29) is 16.6 Å². The Hall–Kier alpha value is -2.10. The summed E-state index contributed by atoms with van der Waals surface area (Å²) in [6.07, 6.45) is 0.867. The molecular formula is C21H24FN3O3S2. The summed E-state index contributed by atoms with van der Waals surface area (Å²) in [6.45, 7) is 3.87. The second-order valence-electron chi connectivity index (χ2n) is 7.37. The summed E-state index contributed by atoms with van der Waals surface area (Å²) in [4.78, 5) is 17.0. The van der Waals surface area contributed by atoms with E-state index in [9.17, 15) is 17.6 Å². The van der Waals surface area contributed by atoms with Gasteiger partial charge in [-0.1, -0.05) is 0 Å². The maximum atomic E-state index is 13.3. The average molecular weight is 450 g/mol. The highest BCUT2D eigenvalue weighted by Crippen LogP contribution is 2.36. The molecule has 2 aromatic carbocycles. The Kier molecular flexibility index (Phi) is 6.04. The lowest BCUT2D eigenvalue weighted by atomic mass is 10.2. The molecule has 2 aliphatic heterocycles. The summed E-state index contributed by atoms with van der Waals surface area (Å²) in [6, 6.07) is 11.3. The average Bonchev–Trinajstić information content (AvgIpc) is 2.96. The highest BCUT2D eigenvalue weighted by molar-refractivity contribution is 7.99. The predicted octanol–water partition coefficient (Wildman–Crippen LogP) is 3.19. The van der Waals surface area contributed by atoms with E-state index in [0.717, 1.165) is 22.8 Å². The Bertz CT molecular complexity index is 1040. The Balaban J connectivity index is 1.54. The van der Waals surface area contributed by atoms with Gasteiger partial charge in [0.1, 0.15) is 5.82 Å². The van der Waals surface area contributed by atoms with Crippen molar-refractivity contribution in [3.8, 4) is 0 Å². The van der Waals surface area contributed by atoms with E-state index >= 15 is 0 Å². The number of thioether (sulfide) groups is 1. The molecule has 2 heterocycles. The summed E-state index contributed by atoms with van der Waals surface area (Å²) in [7, 11) is -3.67. The van der Waals surface area contributed by atoms with Crippen molar-refractivity contribution in [2.45, 2.75) is 23.1 Å². The van der Waals surface area contributed by atoms with Gasteiger partial charge >= 0.3 is 0 Å². The molecule has 0 aromatic heterocycles. The van der Waals surface area contributed by atoms with E-state index in [1.54, 1.807) is 40.9 Å². The molecule has 1 saturated heterocycles. The SMILES string of the molecule is CC(=O)N1CCCSc2ccc(S(=O)(=O)N3CCN(c4ccc(F)cc4)CC3)cc21. The molecule has 1 fully saturated rings. The topological polar surface area (TPSA) is 60.9 Å². The zero-order valence-electron chi connectivity index (χ0n) is 16.8. The van der Waals surface area contributed by atoms with Crippen molar-refractivity contribution in [2.75, 3.05) is 48.3 Å². The van der Waals surface area contributed by atoms with Crippen LogP contribution < -0.4 is 9.80 Å². The Morgan fingerprint density at radius 1 is 1.00 bits per heavy atom. The lowest BCUT2D eigenvalue weighted by Crippen LogP contribution is -2.48. The van der Waals surface area contributed by atoms with Gasteiger partial charge < -0.3 is 9.80 Å². The molecule has 6 nitrogen and oxygen atoms in total. The number of sulfonamides is 1. The van der Waals surface area contributed by atoms with Crippen LogP contribution in [0, 0.1) is 5.82 Å². The van der Waals surface area contributed by atoms with E-state index in [1.165, 1.54) is 23.4 Å². The number of rotatable bonds is 3. The third-order valence-electron chi connectivity index (χ3n) is 5.45. The molecule has 4 rings (SSSR count). The van der Waals surface area contributed by atoms with Crippen molar-refractivity contribution in [3.63, 3.8) is 0 Å². The fraction of sp³-hybridized carbons (Fsp3) is 0.381. The van der Waals surface area contributed by atoms with Gasteiger partial charge in [-0.3, -0.25) is 4.79 Å². The van der Waals surface area contributed by atoms with Gasteiger partial charge in [0.15, 0.2) is 0 Å². The zero-order chi connectivity index (χ0) is 21.3. The Morgan fingerprint density at radius 3 is 2.37 bits per heavy atom. The minimum Gasteiger partial charge on any atom is -0.369 e. The van der Waals surface area contributed by atoms with Crippen LogP contribution in [0.3, 0.4) is 0 Å². The number of hydrogen-bond donors (Lipinski definition) is 0. The van der Waals surface area contributed by atoms with E-state index in [1.807, 2.05) is 6.07 Å². The van der Waals surface area contributed by atoms with Crippen LogP contribution in [-0.4, -0.2) is 57.1 Å². The first kappa shape index (κ1) is 21.1. The molecule has 2 aromatic rings. The largest absolute Gasteiger partial charge is 0.369 e. The van der Waals surface area contributed by atoms with Crippen molar-refractivity contribution >= 4 is 39.1 Å². The molecule has 0 bridgehead atoms. The number of anilines is 2. The fourth-order valence-electron chi connectivity index (χ4n) is 3.83. The lowest BCUT2D eigenvalue weighted by molar-refractivity contribution is -0.116. The fourth-order valence-corrected chi connectivity index (χ4v) is 6.25. The monoisotopic (exact) mass is 449 g/mol. The quantitative estimate of drug-likeness (QED) is 0.720. The van der Waals surface area contributed by atoms with Gasteiger partial charge in [0.05, 0.1) is 10.6 Å². The van der Waals surface area contributed by atoms with Crippen LogP contribution in [-0.2, 0) is 14.8 Å².